The van der Waals surface area contributed by atoms with E-state index in [4.69, 9.17) is 13.9 Å². The van der Waals surface area contributed by atoms with Crippen LogP contribution in [-0.2, 0) is 6.61 Å². The second kappa shape index (κ2) is 7.18. The summed E-state index contributed by atoms with van der Waals surface area (Å²) in [7, 11) is 0. The fourth-order valence-corrected chi connectivity index (χ4v) is 3.24. The van der Waals surface area contributed by atoms with Crippen LogP contribution >= 0.6 is 0 Å². The molecule has 0 spiro atoms. The fourth-order valence-electron chi connectivity index (χ4n) is 3.24. The van der Waals surface area contributed by atoms with E-state index in [0.29, 0.717) is 11.5 Å². The van der Waals surface area contributed by atoms with Gasteiger partial charge in [-0.2, -0.15) is 0 Å². The van der Waals surface area contributed by atoms with Crippen LogP contribution in [-0.4, -0.2) is 11.4 Å². The van der Waals surface area contributed by atoms with Crippen molar-refractivity contribution in [3.63, 3.8) is 0 Å². The van der Waals surface area contributed by atoms with Gasteiger partial charge in [-0.3, -0.25) is 4.79 Å². The predicted octanol–water partition coefficient (Wildman–Crippen LogP) is 5.40. The van der Waals surface area contributed by atoms with Crippen LogP contribution in [0.2, 0.25) is 0 Å². The van der Waals surface area contributed by atoms with Crippen molar-refractivity contribution in [2.24, 2.45) is 0 Å². The number of carbonyl (C=O) groups excluding carboxylic acids is 1. The number of aryl methyl sites for hydroxylation is 4. The Hall–Kier alpha value is -2.85. The first-order chi connectivity index (χ1) is 12.4. The summed E-state index contributed by atoms with van der Waals surface area (Å²) < 4.78 is 10.8. The van der Waals surface area contributed by atoms with Crippen molar-refractivity contribution in [2.45, 2.75) is 34.3 Å². The third-order valence-corrected chi connectivity index (χ3v) is 4.23. The zero-order valence-electron chi connectivity index (χ0n) is 15.4. The van der Waals surface area contributed by atoms with Crippen molar-refractivity contribution in [2.75, 3.05) is 0 Å². The number of carbonyl (C=O) groups is 1. The Balaban J connectivity index is 0.000000151. The van der Waals surface area contributed by atoms with Crippen molar-refractivity contribution in [1.82, 2.24) is 0 Å². The van der Waals surface area contributed by atoms with E-state index in [1.165, 1.54) is 11.1 Å². The van der Waals surface area contributed by atoms with Crippen molar-refractivity contribution < 1.29 is 18.7 Å². The van der Waals surface area contributed by atoms with Crippen LogP contribution < -0.4 is 0 Å². The summed E-state index contributed by atoms with van der Waals surface area (Å²) in [6, 6.07) is 11.8. The molecule has 2 heterocycles. The highest BCUT2D eigenvalue weighted by Gasteiger charge is 2.06. The summed E-state index contributed by atoms with van der Waals surface area (Å²) >= 11 is 0. The van der Waals surface area contributed by atoms with Crippen molar-refractivity contribution >= 4 is 28.2 Å². The highest BCUT2D eigenvalue weighted by atomic mass is 16.4. The van der Waals surface area contributed by atoms with Crippen LogP contribution in [0.4, 0.5) is 0 Å². The first kappa shape index (κ1) is 18.0. The lowest BCUT2D eigenvalue weighted by Crippen LogP contribution is -1.76. The molecule has 0 aliphatic rings. The molecule has 0 aliphatic heterocycles. The second-order valence-electron chi connectivity index (χ2n) is 6.64. The van der Waals surface area contributed by atoms with Crippen molar-refractivity contribution in [3.05, 3.63) is 70.2 Å². The SMILES string of the molecule is Cc1cc(C)c2oc(C=O)cc2c1.Cc1cc(C)c2oc(CO)cc2c1. The number of benzene rings is 2. The molecule has 2 aromatic carbocycles. The summed E-state index contributed by atoms with van der Waals surface area (Å²) in [4.78, 5) is 10.5. The van der Waals surface area contributed by atoms with Crippen LogP contribution in [0.3, 0.4) is 0 Å². The molecule has 0 saturated carbocycles. The van der Waals surface area contributed by atoms with Crippen LogP contribution in [0.25, 0.3) is 21.9 Å². The second-order valence-corrected chi connectivity index (χ2v) is 6.64. The number of rotatable bonds is 2. The molecule has 0 radical (unpaired) electrons. The highest BCUT2D eigenvalue weighted by Crippen LogP contribution is 2.24. The molecule has 0 aliphatic carbocycles. The smallest absolute Gasteiger partial charge is 0.185 e. The number of furan rings is 2. The van der Waals surface area contributed by atoms with E-state index in [-0.39, 0.29) is 6.61 Å². The average molecular weight is 350 g/mol. The number of aliphatic hydroxyl groups excluding tert-OH is 1. The predicted molar refractivity (Wildman–Crippen MR) is 103 cm³/mol. The van der Waals surface area contributed by atoms with E-state index >= 15 is 0 Å². The van der Waals surface area contributed by atoms with Gasteiger partial charge < -0.3 is 13.9 Å². The zero-order chi connectivity index (χ0) is 18.8. The number of hydrogen-bond acceptors (Lipinski definition) is 4. The first-order valence-corrected chi connectivity index (χ1v) is 8.47. The minimum absolute atomic E-state index is 0.0346. The van der Waals surface area contributed by atoms with Gasteiger partial charge in [-0.05, 0) is 63.1 Å². The topological polar surface area (TPSA) is 63.6 Å². The summed E-state index contributed by atoms with van der Waals surface area (Å²) in [6.45, 7) is 8.04. The monoisotopic (exact) mass is 350 g/mol. The molecule has 4 rings (SSSR count). The number of aliphatic hydroxyl groups is 1. The largest absolute Gasteiger partial charge is 0.458 e. The Morgan fingerprint density at radius 3 is 1.88 bits per heavy atom. The molecule has 4 nitrogen and oxygen atoms in total. The molecule has 134 valence electrons. The summed E-state index contributed by atoms with van der Waals surface area (Å²) in [5.74, 6) is 1.02. The lowest BCUT2D eigenvalue weighted by Gasteiger charge is -1.96. The molecule has 0 bridgehead atoms. The summed E-state index contributed by atoms with van der Waals surface area (Å²) in [5, 5.41) is 11.0. The lowest BCUT2D eigenvalue weighted by molar-refractivity contribution is 0.110. The minimum atomic E-state index is -0.0346. The lowest BCUT2D eigenvalue weighted by atomic mass is 10.1. The van der Waals surface area contributed by atoms with Gasteiger partial charge in [-0.1, -0.05) is 23.3 Å². The molecule has 0 amide bonds. The first-order valence-electron chi connectivity index (χ1n) is 8.47. The van der Waals surface area contributed by atoms with E-state index in [9.17, 15) is 4.79 Å². The Bertz CT molecular complexity index is 1080. The summed E-state index contributed by atoms with van der Waals surface area (Å²) in [5.41, 5.74) is 6.29. The number of aldehydes is 1. The highest BCUT2D eigenvalue weighted by molar-refractivity contribution is 5.87. The van der Waals surface area contributed by atoms with Crippen molar-refractivity contribution in [1.29, 1.82) is 0 Å². The minimum Gasteiger partial charge on any atom is -0.458 e. The van der Waals surface area contributed by atoms with Crippen LogP contribution in [0.5, 0.6) is 0 Å². The van der Waals surface area contributed by atoms with Gasteiger partial charge in [0.25, 0.3) is 0 Å². The van der Waals surface area contributed by atoms with Gasteiger partial charge in [0.2, 0.25) is 0 Å². The number of hydrogen-bond donors (Lipinski definition) is 1. The van der Waals surface area contributed by atoms with E-state index in [1.807, 2.05) is 39.0 Å². The molecular weight excluding hydrogens is 328 g/mol. The molecule has 26 heavy (non-hydrogen) atoms. The molecular formula is C22H22O4. The van der Waals surface area contributed by atoms with Crippen LogP contribution in [0.15, 0.2) is 45.2 Å². The Morgan fingerprint density at radius 2 is 1.35 bits per heavy atom. The molecule has 0 atom stereocenters. The third kappa shape index (κ3) is 3.55. The van der Waals surface area contributed by atoms with E-state index in [1.54, 1.807) is 6.07 Å². The third-order valence-electron chi connectivity index (χ3n) is 4.23. The van der Waals surface area contributed by atoms with Gasteiger partial charge in [-0.15, -0.1) is 0 Å². The maximum atomic E-state index is 10.5. The average Bonchev–Trinajstić information content (AvgIpc) is 3.19. The Morgan fingerprint density at radius 1 is 0.808 bits per heavy atom. The van der Waals surface area contributed by atoms with Gasteiger partial charge >= 0.3 is 0 Å². The normalized spacial score (nSPS) is 10.8. The van der Waals surface area contributed by atoms with Gasteiger partial charge in [0.1, 0.15) is 23.5 Å². The molecule has 0 unspecified atom stereocenters. The van der Waals surface area contributed by atoms with Crippen molar-refractivity contribution in [3.8, 4) is 0 Å². The van der Waals surface area contributed by atoms with E-state index < -0.39 is 0 Å². The molecule has 0 fully saturated rings. The maximum absolute atomic E-state index is 10.5. The quantitative estimate of drug-likeness (QED) is 0.491. The molecule has 0 saturated heterocycles. The molecule has 4 aromatic rings. The van der Waals surface area contributed by atoms with Crippen LogP contribution in [0.1, 0.15) is 38.6 Å². The maximum Gasteiger partial charge on any atom is 0.185 e. The van der Waals surface area contributed by atoms with Gasteiger partial charge in [0.05, 0.1) is 0 Å². The van der Waals surface area contributed by atoms with Crippen LogP contribution in [0, 0.1) is 27.7 Å². The van der Waals surface area contributed by atoms with Gasteiger partial charge in [-0.25, -0.2) is 0 Å². The standard InChI is InChI=1S/C11H12O2.C11H10O2/c2*1-7-3-8(2)11-9(4-7)5-10(6-12)13-11/h3-5,12H,6H2,1-2H3;3-6H,1-2H3. The molecule has 4 heteroatoms. The Kier molecular flexibility index (Phi) is 4.96. The summed E-state index contributed by atoms with van der Waals surface area (Å²) in [6.07, 6.45) is 0.731. The van der Waals surface area contributed by atoms with Gasteiger partial charge in [0.15, 0.2) is 12.0 Å². The Labute approximate surface area is 152 Å². The fraction of sp³-hybridized carbons (Fsp3) is 0.227. The van der Waals surface area contributed by atoms with E-state index in [2.05, 4.69) is 19.1 Å². The van der Waals surface area contributed by atoms with Gasteiger partial charge in [0, 0.05) is 10.8 Å². The molecule has 2 aromatic heterocycles. The van der Waals surface area contributed by atoms with E-state index in [0.717, 1.165) is 39.4 Å². The zero-order valence-corrected chi connectivity index (χ0v) is 15.4. The number of fused-ring (bicyclic) bond motifs is 2. The molecule has 1 N–H and O–H groups in total.